The second-order valence-electron chi connectivity index (χ2n) is 4.95. The quantitative estimate of drug-likeness (QED) is 0.815. The molecule has 0 amide bonds. The van der Waals surface area contributed by atoms with E-state index in [0.717, 1.165) is 0 Å². The van der Waals surface area contributed by atoms with E-state index in [4.69, 9.17) is 54.7 Å². The van der Waals surface area contributed by atoms with Gasteiger partial charge >= 0.3 is 0 Å². The first kappa shape index (κ1) is 16.5. The third kappa shape index (κ3) is 3.32. The van der Waals surface area contributed by atoms with Crippen LogP contribution in [0.2, 0.25) is 15.2 Å². The molecule has 2 heterocycles. The number of benzene rings is 1. The van der Waals surface area contributed by atoms with Crippen LogP contribution in [0.5, 0.6) is 11.6 Å². The van der Waals surface area contributed by atoms with E-state index in [0.29, 0.717) is 24.5 Å². The summed E-state index contributed by atoms with van der Waals surface area (Å²) in [4.78, 5) is 0. The van der Waals surface area contributed by atoms with Crippen molar-refractivity contribution in [2.24, 2.45) is 0 Å². The number of ether oxygens (including phenoxy) is 3. The highest BCUT2D eigenvalue weighted by Crippen LogP contribution is 2.40. The van der Waals surface area contributed by atoms with E-state index < -0.39 is 5.79 Å². The molecule has 0 bridgehead atoms. The molecule has 1 fully saturated rings. The Morgan fingerprint density at radius 1 is 1.09 bits per heavy atom. The lowest BCUT2D eigenvalue weighted by Crippen LogP contribution is -2.23. The zero-order chi connectivity index (χ0) is 16.6. The van der Waals surface area contributed by atoms with Crippen LogP contribution in [0.15, 0.2) is 18.2 Å². The van der Waals surface area contributed by atoms with Gasteiger partial charge in [0.25, 0.3) is 0 Å². The van der Waals surface area contributed by atoms with E-state index in [9.17, 15) is 0 Å². The Labute approximate surface area is 147 Å². The monoisotopic (exact) mass is 375 g/mol. The topological polar surface area (TPSA) is 79.5 Å². The molecule has 0 saturated carbocycles. The highest BCUT2D eigenvalue weighted by molar-refractivity contribution is 6.37. The van der Waals surface area contributed by atoms with Gasteiger partial charge in [0.1, 0.15) is 0 Å². The zero-order valence-corrected chi connectivity index (χ0v) is 14.2. The van der Waals surface area contributed by atoms with Gasteiger partial charge in [-0.1, -0.05) is 34.8 Å². The Balaban J connectivity index is 1.96. The second kappa shape index (κ2) is 6.30. The zero-order valence-electron chi connectivity index (χ0n) is 12.0. The predicted octanol–water partition coefficient (Wildman–Crippen LogP) is 4.03. The number of nitrogens with two attached hydrogens (primary N) is 1. The molecule has 0 atom stereocenters. The molecule has 23 heavy (non-hydrogen) atoms. The average molecular weight is 377 g/mol. The summed E-state index contributed by atoms with van der Waals surface area (Å²) in [6, 6.07) is 4.62. The third-order valence-corrected chi connectivity index (χ3v) is 4.12. The Kier molecular flexibility index (Phi) is 4.53. The van der Waals surface area contributed by atoms with Crippen molar-refractivity contribution in [3.8, 4) is 11.6 Å². The minimum absolute atomic E-state index is 0.151. The lowest BCUT2D eigenvalue weighted by Gasteiger charge is -2.23. The summed E-state index contributed by atoms with van der Waals surface area (Å²) in [5.74, 6) is -0.623. The van der Waals surface area contributed by atoms with Gasteiger partial charge in [-0.25, -0.2) is 0 Å². The summed E-state index contributed by atoms with van der Waals surface area (Å²) >= 11 is 18.3. The first-order valence-corrected chi connectivity index (χ1v) is 7.76. The lowest BCUT2D eigenvalue weighted by molar-refractivity contribution is -0.150. The van der Waals surface area contributed by atoms with Gasteiger partial charge in [0, 0.05) is 11.8 Å². The molecule has 122 valence electrons. The number of aromatic nitrogens is 2. The Bertz CT molecular complexity index is 728. The summed E-state index contributed by atoms with van der Waals surface area (Å²) in [5, 5.41) is 8.42. The summed E-state index contributed by atoms with van der Waals surface area (Å²) in [5.41, 5.74) is 6.59. The first-order valence-electron chi connectivity index (χ1n) is 6.63. The van der Waals surface area contributed by atoms with Crippen molar-refractivity contribution >= 4 is 40.5 Å². The Morgan fingerprint density at radius 2 is 1.70 bits per heavy atom. The molecule has 0 radical (unpaired) electrons. The van der Waals surface area contributed by atoms with E-state index in [2.05, 4.69) is 10.2 Å². The van der Waals surface area contributed by atoms with Crippen molar-refractivity contribution in [2.45, 2.75) is 12.7 Å². The summed E-state index contributed by atoms with van der Waals surface area (Å²) < 4.78 is 16.8. The number of rotatable bonds is 3. The highest BCUT2D eigenvalue weighted by Gasteiger charge is 2.36. The number of nitrogens with zero attached hydrogens (tertiary/aromatic N) is 2. The molecular weight excluding hydrogens is 365 g/mol. The van der Waals surface area contributed by atoms with Crippen molar-refractivity contribution in [3.05, 3.63) is 39.0 Å². The summed E-state index contributed by atoms with van der Waals surface area (Å²) in [7, 11) is 0. The van der Waals surface area contributed by atoms with Crippen molar-refractivity contribution in [3.63, 3.8) is 0 Å². The number of halogens is 3. The van der Waals surface area contributed by atoms with E-state index in [1.54, 1.807) is 13.0 Å². The number of nitrogen functional groups attached to an aromatic ring is 1. The Hall–Kier alpha value is -1.31. The number of hydrogen-bond donors (Lipinski definition) is 1. The second-order valence-corrected chi connectivity index (χ2v) is 6.12. The van der Waals surface area contributed by atoms with Crippen molar-refractivity contribution < 1.29 is 14.2 Å². The normalized spacial score (nSPS) is 16.5. The maximum absolute atomic E-state index is 6.10. The summed E-state index contributed by atoms with van der Waals surface area (Å²) in [6.07, 6.45) is 0. The molecule has 3 rings (SSSR count). The van der Waals surface area contributed by atoms with Gasteiger partial charge in [-0.15, -0.1) is 10.2 Å². The van der Waals surface area contributed by atoms with Gasteiger partial charge in [-0.2, -0.15) is 0 Å². The maximum atomic E-state index is 6.10. The average Bonchev–Trinajstić information content (AvgIpc) is 2.92. The largest absolute Gasteiger partial charge is 0.434 e. The predicted molar refractivity (Wildman–Crippen MR) is 87.2 cm³/mol. The molecule has 6 nitrogen and oxygen atoms in total. The van der Waals surface area contributed by atoms with Gasteiger partial charge in [0.2, 0.25) is 5.88 Å². The molecule has 2 aromatic rings. The van der Waals surface area contributed by atoms with Gasteiger partial charge in [0.15, 0.2) is 16.7 Å². The molecule has 0 unspecified atom stereocenters. The minimum Gasteiger partial charge on any atom is -0.434 e. The molecular formula is C14H12Cl3N3O3. The Morgan fingerprint density at radius 3 is 2.30 bits per heavy atom. The highest BCUT2D eigenvalue weighted by atomic mass is 35.5. The van der Waals surface area contributed by atoms with Crippen LogP contribution in [0.1, 0.15) is 12.5 Å². The number of anilines is 1. The van der Waals surface area contributed by atoms with Crippen molar-refractivity contribution in [1.29, 1.82) is 0 Å². The maximum Gasteiger partial charge on any atom is 0.239 e. The standard InChI is InChI=1S/C14H12Cl3N3O3/c1-14(21-2-3-22-14)8-6-11(19-20-13(8)17)23-12-9(15)4-7(18)5-10(12)16/h4-6H,2-3,18H2,1H3. The van der Waals surface area contributed by atoms with Crippen LogP contribution < -0.4 is 10.5 Å². The molecule has 1 aromatic carbocycles. The molecule has 1 aliphatic heterocycles. The van der Waals surface area contributed by atoms with Gasteiger partial charge in [-0.3, -0.25) is 0 Å². The first-order chi connectivity index (χ1) is 10.9. The van der Waals surface area contributed by atoms with Crippen molar-refractivity contribution in [1.82, 2.24) is 10.2 Å². The van der Waals surface area contributed by atoms with Crippen LogP contribution >= 0.6 is 34.8 Å². The van der Waals surface area contributed by atoms with E-state index in [-0.39, 0.29) is 26.8 Å². The molecule has 1 aliphatic rings. The molecule has 1 saturated heterocycles. The SMILES string of the molecule is CC1(c2cc(Oc3c(Cl)cc(N)cc3Cl)nnc2Cl)OCCO1. The summed E-state index contributed by atoms with van der Waals surface area (Å²) in [6.45, 7) is 2.66. The van der Waals surface area contributed by atoms with Crippen LogP contribution in [0.25, 0.3) is 0 Å². The van der Waals surface area contributed by atoms with E-state index >= 15 is 0 Å². The van der Waals surface area contributed by atoms with Gasteiger partial charge in [0.05, 0.1) is 28.8 Å². The van der Waals surface area contributed by atoms with Crippen LogP contribution in [0.4, 0.5) is 5.69 Å². The molecule has 9 heteroatoms. The fraction of sp³-hybridized carbons (Fsp3) is 0.286. The number of hydrogen-bond acceptors (Lipinski definition) is 6. The smallest absolute Gasteiger partial charge is 0.239 e. The van der Waals surface area contributed by atoms with Crippen LogP contribution in [-0.2, 0) is 15.3 Å². The lowest BCUT2D eigenvalue weighted by atomic mass is 10.1. The molecule has 1 aromatic heterocycles. The fourth-order valence-corrected chi connectivity index (χ4v) is 3.02. The van der Waals surface area contributed by atoms with E-state index in [1.165, 1.54) is 12.1 Å². The van der Waals surface area contributed by atoms with Crippen molar-refractivity contribution in [2.75, 3.05) is 18.9 Å². The minimum atomic E-state index is -1.00. The molecule has 2 N–H and O–H groups in total. The third-order valence-electron chi connectivity index (χ3n) is 3.28. The van der Waals surface area contributed by atoms with Gasteiger partial charge < -0.3 is 19.9 Å². The van der Waals surface area contributed by atoms with Crippen LogP contribution in [-0.4, -0.2) is 23.4 Å². The fourth-order valence-electron chi connectivity index (χ4n) is 2.18. The van der Waals surface area contributed by atoms with Gasteiger partial charge in [-0.05, 0) is 19.1 Å². The van der Waals surface area contributed by atoms with E-state index in [1.807, 2.05) is 0 Å². The van der Waals surface area contributed by atoms with Crippen LogP contribution in [0.3, 0.4) is 0 Å². The molecule has 0 spiro atoms. The molecule has 0 aliphatic carbocycles. The van der Waals surface area contributed by atoms with Crippen LogP contribution in [0, 0.1) is 0 Å².